The maximum absolute atomic E-state index is 6.35. The fourth-order valence-corrected chi connectivity index (χ4v) is 3.92. The standard InChI is InChI=1S/C28H33N3/c1-5-9-17-31(16-6-2)27(8-4)25-18-24-15-14-23(19-26(24)30-28(29)20-25)22-12-10-21(7-3)11-13-22/h7,10-15,18-19H,3-6,9,16-17,20H2,1-2H3,(H2,29,30). The molecule has 31 heavy (non-hydrogen) atoms. The van der Waals surface area contributed by atoms with Gasteiger partial charge in [-0.15, -0.1) is 5.73 Å². The van der Waals surface area contributed by atoms with Crippen molar-refractivity contribution >= 4 is 23.7 Å². The summed E-state index contributed by atoms with van der Waals surface area (Å²) in [6, 6.07) is 14.8. The van der Waals surface area contributed by atoms with E-state index in [1.54, 1.807) is 0 Å². The van der Waals surface area contributed by atoms with Crippen LogP contribution < -0.4 is 5.73 Å². The SMILES string of the molecule is C=C=C(C1=Cc2ccc(-c3ccc(C=C)cc3)cc2N=C(N)C1)N(CCC)CCCC. The third kappa shape index (κ3) is 5.45. The molecule has 2 N–H and O–H groups in total. The molecule has 1 aliphatic rings. The summed E-state index contributed by atoms with van der Waals surface area (Å²) in [5.74, 6) is 0.615. The van der Waals surface area contributed by atoms with Gasteiger partial charge < -0.3 is 10.6 Å². The molecule has 1 aliphatic heterocycles. The third-order valence-corrected chi connectivity index (χ3v) is 5.54. The number of fused-ring (bicyclic) bond motifs is 1. The normalized spacial score (nSPS) is 12.7. The van der Waals surface area contributed by atoms with Crippen LogP contribution in [0.4, 0.5) is 5.69 Å². The van der Waals surface area contributed by atoms with E-state index in [1.807, 2.05) is 6.08 Å². The minimum absolute atomic E-state index is 0.599. The van der Waals surface area contributed by atoms with Gasteiger partial charge in [0.15, 0.2) is 0 Å². The topological polar surface area (TPSA) is 41.6 Å². The minimum atomic E-state index is 0.599. The first-order chi connectivity index (χ1) is 15.1. The summed E-state index contributed by atoms with van der Waals surface area (Å²) in [5, 5.41) is 0. The lowest BCUT2D eigenvalue weighted by molar-refractivity contribution is 0.344. The van der Waals surface area contributed by atoms with Crippen molar-refractivity contribution in [2.24, 2.45) is 10.7 Å². The van der Waals surface area contributed by atoms with Gasteiger partial charge in [-0.25, -0.2) is 4.99 Å². The van der Waals surface area contributed by atoms with E-state index in [4.69, 9.17) is 10.7 Å². The van der Waals surface area contributed by atoms with Crippen LogP contribution in [0.5, 0.6) is 0 Å². The average molecular weight is 412 g/mol. The number of unbranched alkanes of at least 4 members (excludes halogenated alkanes) is 1. The van der Waals surface area contributed by atoms with Gasteiger partial charge in [-0.3, -0.25) is 0 Å². The van der Waals surface area contributed by atoms with Crippen molar-refractivity contribution in [3.63, 3.8) is 0 Å². The molecule has 0 unspecified atom stereocenters. The van der Waals surface area contributed by atoms with Gasteiger partial charge in [0.1, 0.15) is 5.84 Å². The molecule has 0 amide bonds. The first-order valence-electron chi connectivity index (χ1n) is 11.2. The van der Waals surface area contributed by atoms with Gasteiger partial charge in [0.05, 0.1) is 11.4 Å². The smallest absolute Gasteiger partial charge is 0.104 e. The molecule has 0 atom stereocenters. The molecule has 0 spiro atoms. The van der Waals surface area contributed by atoms with E-state index >= 15 is 0 Å². The van der Waals surface area contributed by atoms with E-state index in [2.05, 4.69) is 86.2 Å². The first kappa shape index (κ1) is 22.4. The zero-order valence-electron chi connectivity index (χ0n) is 18.8. The lowest BCUT2D eigenvalue weighted by Gasteiger charge is -2.27. The summed E-state index contributed by atoms with van der Waals surface area (Å²) in [6.07, 6.45) is 8.04. The fourth-order valence-electron chi connectivity index (χ4n) is 3.92. The number of hydrogen-bond acceptors (Lipinski definition) is 3. The Balaban J connectivity index is 1.98. The van der Waals surface area contributed by atoms with Gasteiger partial charge in [0.25, 0.3) is 0 Å². The Kier molecular flexibility index (Phi) is 7.70. The molecule has 0 fully saturated rings. The summed E-state index contributed by atoms with van der Waals surface area (Å²) in [5.41, 5.74) is 17.1. The number of aliphatic imine (C=N–C) groups is 1. The molecule has 1 heterocycles. The summed E-state index contributed by atoms with van der Waals surface area (Å²) in [6.45, 7) is 14.2. The van der Waals surface area contributed by atoms with Crippen molar-refractivity contribution in [2.75, 3.05) is 13.1 Å². The third-order valence-electron chi connectivity index (χ3n) is 5.54. The van der Waals surface area contributed by atoms with Crippen molar-refractivity contribution in [1.82, 2.24) is 4.90 Å². The zero-order valence-corrected chi connectivity index (χ0v) is 18.8. The van der Waals surface area contributed by atoms with E-state index in [0.29, 0.717) is 12.3 Å². The van der Waals surface area contributed by atoms with Crippen LogP contribution in [0, 0.1) is 0 Å². The predicted octanol–water partition coefficient (Wildman–Crippen LogP) is 6.95. The van der Waals surface area contributed by atoms with Crippen LogP contribution in [0.3, 0.4) is 0 Å². The Morgan fingerprint density at radius 1 is 1.10 bits per heavy atom. The predicted molar refractivity (Wildman–Crippen MR) is 135 cm³/mol. The zero-order chi connectivity index (χ0) is 22.2. The Morgan fingerprint density at radius 2 is 1.84 bits per heavy atom. The number of nitrogens with two attached hydrogens (primary N) is 1. The molecule has 160 valence electrons. The van der Waals surface area contributed by atoms with Crippen molar-refractivity contribution in [3.05, 3.63) is 83.8 Å². The molecule has 0 saturated carbocycles. The van der Waals surface area contributed by atoms with Gasteiger partial charge in [0, 0.05) is 25.1 Å². The van der Waals surface area contributed by atoms with Crippen LogP contribution in [-0.4, -0.2) is 23.8 Å². The highest BCUT2D eigenvalue weighted by Gasteiger charge is 2.18. The summed E-state index contributed by atoms with van der Waals surface area (Å²) in [4.78, 5) is 7.13. The molecule has 0 radical (unpaired) electrons. The molecule has 2 aromatic carbocycles. The molecule has 2 aromatic rings. The molecule has 3 heteroatoms. The molecule has 0 saturated heterocycles. The van der Waals surface area contributed by atoms with Crippen LogP contribution in [0.1, 0.15) is 50.7 Å². The second-order valence-electron chi connectivity index (χ2n) is 7.92. The van der Waals surface area contributed by atoms with Crippen LogP contribution in [-0.2, 0) is 0 Å². The van der Waals surface area contributed by atoms with Crippen molar-refractivity contribution in [2.45, 2.75) is 39.5 Å². The van der Waals surface area contributed by atoms with E-state index in [0.717, 1.165) is 71.6 Å². The fraction of sp³-hybridized carbons (Fsp3) is 0.286. The van der Waals surface area contributed by atoms with Crippen molar-refractivity contribution in [3.8, 4) is 11.1 Å². The van der Waals surface area contributed by atoms with Crippen molar-refractivity contribution in [1.29, 1.82) is 0 Å². The maximum atomic E-state index is 6.35. The molecule has 3 rings (SSSR count). The Hall–Kier alpha value is -3.29. The molecule has 3 nitrogen and oxygen atoms in total. The van der Waals surface area contributed by atoms with Crippen LogP contribution in [0.25, 0.3) is 23.3 Å². The van der Waals surface area contributed by atoms with Gasteiger partial charge in [-0.2, -0.15) is 0 Å². The molecular weight excluding hydrogens is 378 g/mol. The van der Waals surface area contributed by atoms with Crippen LogP contribution in [0.2, 0.25) is 0 Å². The number of amidine groups is 1. The number of rotatable bonds is 9. The maximum Gasteiger partial charge on any atom is 0.104 e. The Bertz CT molecular complexity index is 1030. The largest absolute Gasteiger partial charge is 0.387 e. The number of allylic oxidation sites excluding steroid dienone is 1. The average Bonchev–Trinajstić information content (AvgIpc) is 2.95. The lowest BCUT2D eigenvalue weighted by atomic mass is 9.99. The Morgan fingerprint density at radius 3 is 2.48 bits per heavy atom. The van der Waals surface area contributed by atoms with E-state index in [9.17, 15) is 0 Å². The highest BCUT2D eigenvalue weighted by Crippen LogP contribution is 2.34. The van der Waals surface area contributed by atoms with Gasteiger partial charge >= 0.3 is 0 Å². The van der Waals surface area contributed by atoms with Gasteiger partial charge in [-0.05, 0) is 47.2 Å². The first-order valence-corrected chi connectivity index (χ1v) is 11.2. The summed E-state index contributed by atoms with van der Waals surface area (Å²) < 4.78 is 0. The second kappa shape index (κ2) is 10.7. The monoisotopic (exact) mass is 411 g/mol. The minimum Gasteiger partial charge on any atom is -0.387 e. The summed E-state index contributed by atoms with van der Waals surface area (Å²) >= 11 is 0. The number of hydrogen-bond donors (Lipinski definition) is 1. The van der Waals surface area contributed by atoms with Gasteiger partial charge in [-0.1, -0.05) is 75.9 Å². The molecular formula is C28H33N3. The second-order valence-corrected chi connectivity index (χ2v) is 7.92. The van der Waals surface area contributed by atoms with Crippen molar-refractivity contribution < 1.29 is 0 Å². The van der Waals surface area contributed by atoms with Gasteiger partial charge in [0.2, 0.25) is 0 Å². The van der Waals surface area contributed by atoms with Crippen LogP contribution >= 0.6 is 0 Å². The van der Waals surface area contributed by atoms with Crippen LogP contribution in [0.15, 0.2) is 77.6 Å². The molecule has 0 aliphatic carbocycles. The number of benzene rings is 2. The van der Waals surface area contributed by atoms with E-state index in [1.165, 1.54) is 0 Å². The molecule has 0 bridgehead atoms. The quantitative estimate of drug-likeness (QED) is 0.453. The number of nitrogens with zero attached hydrogens (tertiary/aromatic N) is 2. The van der Waals surface area contributed by atoms with E-state index < -0.39 is 0 Å². The molecule has 0 aromatic heterocycles. The highest BCUT2D eigenvalue weighted by atomic mass is 15.1. The lowest BCUT2D eigenvalue weighted by Crippen LogP contribution is -2.27. The summed E-state index contributed by atoms with van der Waals surface area (Å²) in [7, 11) is 0. The Labute approximate surface area is 187 Å². The highest BCUT2D eigenvalue weighted by molar-refractivity contribution is 5.92. The van der Waals surface area contributed by atoms with E-state index in [-0.39, 0.29) is 0 Å².